The van der Waals surface area contributed by atoms with Gasteiger partial charge >= 0.3 is 5.97 Å². The summed E-state index contributed by atoms with van der Waals surface area (Å²) in [4.78, 5) is 23.0. The van der Waals surface area contributed by atoms with Crippen molar-refractivity contribution >= 4 is 46.3 Å². The predicted molar refractivity (Wildman–Crippen MR) is 92.0 cm³/mol. The Morgan fingerprint density at radius 2 is 2.00 bits per heavy atom. The van der Waals surface area contributed by atoms with Gasteiger partial charge in [-0.15, -0.1) is 0 Å². The highest BCUT2D eigenvalue weighted by Crippen LogP contribution is 2.31. The SMILES string of the molecule is CC.COc1cc(/C=C2\SC(=S)NC2=O)ccc1OC(C)=O. The quantitative estimate of drug-likeness (QED) is 0.395. The Hall–Kier alpha value is -1.86. The summed E-state index contributed by atoms with van der Waals surface area (Å²) in [6.45, 7) is 5.32. The maximum Gasteiger partial charge on any atom is 0.308 e. The monoisotopic (exact) mass is 339 g/mol. The van der Waals surface area contributed by atoms with Crippen LogP contribution in [0.3, 0.4) is 0 Å². The number of carbonyl (C=O) groups excluding carboxylic acids is 2. The number of amides is 1. The maximum absolute atomic E-state index is 11.6. The van der Waals surface area contributed by atoms with Crippen molar-refractivity contribution in [2.75, 3.05) is 7.11 Å². The number of carbonyl (C=O) groups is 2. The minimum Gasteiger partial charge on any atom is -0.493 e. The first-order valence-electron chi connectivity index (χ1n) is 6.61. The van der Waals surface area contributed by atoms with Crippen molar-refractivity contribution < 1.29 is 19.1 Å². The van der Waals surface area contributed by atoms with Crippen LogP contribution in [0.1, 0.15) is 26.3 Å². The van der Waals surface area contributed by atoms with E-state index in [1.165, 1.54) is 25.8 Å². The highest BCUT2D eigenvalue weighted by atomic mass is 32.2. The van der Waals surface area contributed by atoms with Crippen LogP contribution in [0.15, 0.2) is 23.1 Å². The van der Waals surface area contributed by atoms with Crippen LogP contribution in [-0.4, -0.2) is 23.3 Å². The number of thioether (sulfide) groups is 1. The topological polar surface area (TPSA) is 64.6 Å². The largest absolute Gasteiger partial charge is 0.493 e. The summed E-state index contributed by atoms with van der Waals surface area (Å²) < 4.78 is 10.6. The Morgan fingerprint density at radius 3 is 2.50 bits per heavy atom. The third-order valence-electron chi connectivity index (χ3n) is 2.38. The minimum absolute atomic E-state index is 0.219. The lowest BCUT2D eigenvalue weighted by Crippen LogP contribution is -2.17. The molecule has 1 aliphatic heterocycles. The van der Waals surface area contributed by atoms with Gasteiger partial charge in [0.05, 0.1) is 12.0 Å². The van der Waals surface area contributed by atoms with E-state index in [0.29, 0.717) is 20.7 Å². The van der Waals surface area contributed by atoms with Crippen LogP contribution in [0, 0.1) is 0 Å². The molecular weight excluding hydrogens is 322 g/mol. The lowest BCUT2D eigenvalue weighted by Gasteiger charge is -2.08. The summed E-state index contributed by atoms with van der Waals surface area (Å²) in [5, 5.41) is 2.54. The van der Waals surface area contributed by atoms with Crippen molar-refractivity contribution in [3.05, 3.63) is 28.7 Å². The Kier molecular flexibility index (Phi) is 7.07. The average molecular weight is 339 g/mol. The van der Waals surface area contributed by atoms with Crippen LogP contribution < -0.4 is 14.8 Å². The van der Waals surface area contributed by atoms with E-state index in [2.05, 4.69) is 5.32 Å². The standard InChI is InChI=1S/C13H11NO4S2.C2H6/c1-7(15)18-9-4-3-8(5-10(9)17-2)6-11-12(16)14-13(19)20-11;1-2/h3-6H,1-2H3,(H,14,16,19);1-2H3/b11-6-;. The van der Waals surface area contributed by atoms with Crippen LogP contribution in [0.2, 0.25) is 0 Å². The van der Waals surface area contributed by atoms with Crippen LogP contribution in [0.4, 0.5) is 0 Å². The van der Waals surface area contributed by atoms with Crippen molar-refractivity contribution in [1.82, 2.24) is 5.32 Å². The summed E-state index contributed by atoms with van der Waals surface area (Å²) in [5.41, 5.74) is 0.750. The zero-order valence-electron chi connectivity index (χ0n) is 12.8. The fraction of sp³-hybridized carbons (Fsp3) is 0.267. The number of rotatable bonds is 3. The number of hydrogen-bond donors (Lipinski definition) is 1. The Labute approximate surface area is 139 Å². The van der Waals surface area contributed by atoms with Crippen molar-refractivity contribution in [2.24, 2.45) is 0 Å². The molecule has 7 heteroatoms. The first kappa shape index (κ1) is 18.2. The number of benzene rings is 1. The Balaban J connectivity index is 0.00000116. The first-order chi connectivity index (χ1) is 10.5. The van der Waals surface area contributed by atoms with Gasteiger partial charge in [0.2, 0.25) is 0 Å². The van der Waals surface area contributed by atoms with Gasteiger partial charge in [0, 0.05) is 6.92 Å². The van der Waals surface area contributed by atoms with Crippen molar-refractivity contribution in [3.8, 4) is 11.5 Å². The molecule has 2 rings (SSSR count). The summed E-state index contributed by atoms with van der Waals surface area (Å²) in [6.07, 6.45) is 1.69. The molecule has 1 heterocycles. The molecule has 1 aliphatic rings. The van der Waals surface area contributed by atoms with Gasteiger partial charge < -0.3 is 14.8 Å². The molecular formula is C15H17NO4S2. The lowest BCUT2D eigenvalue weighted by atomic mass is 10.2. The molecule has 1 N–H and O–H groups in total. The molecule has 1 amide bonds. The zero-order chi connectivity index (χ0) is 16.7. The molecule has 1 aromatic carbocycles. The van der Waals surface area contributed by atoms with E-state index in [9.17, 15) is 9.59 Å². The molecule has 0 spiro atoms. The van der Waals surface area contributed by atoms with Crippen LogP contribution >= 0.6 is 24.0 Å². The molecule has 0 aliphatic carbocycles. The summed E-state index contributed by atoms with van der Waals surface area (Å²) in [6, 6.07) is 5.02. The molecule has 0 radical (unpaired) electrons. The second kappa shape index (κ2) is 8.55. The number of thiocarbonyl (C=S) groups is 1. The van der Waals surface area contributed by atoms with Crippen LogP contribution in [0.25, 0.3) is 6.08 Å². The zero-order valence-corrected chi connectivity index (χ0v) is 14.4. The third-order valence-corrected chi connectivity index (χ3v) is 3.54. The number of hydrogen-bond acceptors (Lipinski definition) is 6. The van der Waals surface area contributed by atoms with E-state index in [4.69, 9.17) is 21.7 Å². The molecule has 0 bridgehead atoms. The highest BCUT2D eigenvalue weighted by Gasteiger charge is 2.22. The number of nitrogens with one attached hydrogen (secondary N) is 1. The molecule has 1 fully saturated rings. The molecule has 0 unspecified atom stereocenters. The van der Waals surface area contributed by atoms with Gasteiger partial charge in [-0.1, -0.05) is 43.9 Å². The normalized spacial score (nSPS) is 15.0. The average Bonchev–Trinajstić information content (AvgIpc) is 2.80. The fourth-order valence-electron chi connectivity index (χ4n) is 1.59. The van der Waals surface area contributed by atoms with Gasteiger partial charge in [0.1, 0.15) is 4.32 Å². The molecule has 0 aromatic heterocycles. The third kappa shape index (κ3) is 4.85. The molecule has 1 saturated heterocycles. The van der Waals surface area contributed by atoms with Crippen LogP contribution in [-0.2, 0) is 9.59 Å². The van der Waals surface area contributed by atoms with Gasteiger partial charge in [-0.2, -0.15) is 0 Å². The van der Waals surface area contributed by atoms with Crippen molar-refractivity contribution in [1.29, 1.82) is 0 Å². The predicted octanol–water partition coefficient (Wildman–Crippen LogP) is 3.14. The van der Waals surface area contributed by atoms with Gasteiger partial charge in [-0.05, 0) is 23.8 Å². The number of methoxy groups -OCH3 is 1. The van der Waals surface area contributed by atoms with Gasteiger partial charge in [-0.3, -0.25) is 9.59 Å². The smallest absolute Gasteiger partial charge is 0.308 e. The summed E-state index contributed by atoms with van der Waals surface area (Å²) >= 11 is 6.12. The Bertz CT molecular complexity index is 626. The number of ether oxygens (including phenoxy) is 2. The second-order valence-electron chi connectivity index (χ2n) is 3.86. The van der Waals surface area contributed by atoms with E-state index in [0.717, 1.165) is 5.56 Å². The van der Waals surface area contributed by atoms with Gasteiger partial charge in [0.15, 0.2) is 11.5 Å². The number of esters is 1. The van der Waals surface area contributed by atoms with E-state index in [1.807, 2.05) is 13.8 Å². The summed E-state index contributed by atoms with van der Waals surface area (Å²) in [5.74, 6) is 0.107. The molecule has 5 nitrogen and oxygen atoms in total. The van der Waals surface area contributed by atoms with E-state index < -0.39 is 5.97 Å². The second-order valence-corrected chi connectivity index (χ2v) is 5.58. The lowest BCUT2D eigenvalue weighted by molar-refractivity contribution is -0.132. The van der Waals surface area contributed by atoms with Crippen molar-refractivity contribution in [3.63, 3.8) is 0 Å². The van der Waals surface area contributed by atoms with Gasteiger partial charge in [0.25, 0.3) is 5.91 Å². The minimum atomic E-state index is -0.425. The van der Waals surface area contributed by atoms with Crippen LogP contribution in [0.5, 0.6) is 11.5 Å². The molecule has 0 atom stereocenters. The Morgan fingerprint density at radius 1 is 1.32 bits per heavy atom. The fourth-order valence-corrected chi connectivity index (χ4v) is 2.63. The molecule has 1 aromatic rings. The molecule has 0 saturated carbocycles. The highest BCUT2D eigenvalue weighted by molar-refractivity contribution is 8.26. The van der Waals surface area contributed by atoms with Gasteiger partial charge in [-0.25, -0.2) is 0 Å². The van der Waals surface area contributed by atoms with E-state index in [1.54, 1.807) is 24.3 Å². The molecule has 22 heavy (non-hydrogen) atoms. The van der Waals surface area contributed by atoms with E-state index in [-0.39, 0.29) is 5.91 Å². The molecule has 118 valence electrons. The van der Waals surface area contributed by atoms with E-state index >= 15 is 0 Å². The van der Waals surface area contributed by atoms with Crippen molar-refractivity contribution in [2.45, 2.75) is 20.8 Å². The maximum atomic E-state index is 11.6. The summed E-state index contributed by atoms with van der Waals surface area (Å²) in [7, 11) is 1.48. The first-order valence-corrected chi connectivity index (χ1v) is 7.83.